The summed E-state index contributed by atoms with van der Waals surface area (Å²) in [6.45, 7) is -0.422. The lowest BCUT2D eigenvalue weighted by atomic mass is 10.1. The van der Waals surface area contributed by atoms with Crippen LogP contribution in [-0.4, -0.2) is 61.8 Å². The number of halogens is 2. The van der Waals surface area contributed by atoms with Gasteiger partial charge in [-0.2, -0.15) is 9.97 Å². The smallest absolute Gasteiger partial charge is 0.326 e. The zero-order valence-electron chi connectivity index (χ0n) is 15.1. The van der Waals surface area contributed by atoms with Gasteiger partial charge in [0, 0.05) is 13.2 Å². The maximum atomic E-state index is 13.9. The SMILES string of the molecule is CO[C@@H]1[C@H](O)[C@@H](CO)O[C@H]1n1cnc2c(N)nc(Oc3cc(F)ccc3F)nc21. The summed E-state index contributed by atoms with van der Waals surface area (Å²) < 4.78 is 44.9. The summed E-state index contributed by atoms with van der Waals surface area (Å²) >= 11 is 0. The maximum absolute atomic E-state index is 13.9. The number of nitrogen functional groups attached to an aromatic ring is 1. The van der Waals surface area contributed by atoms with E-state index in [-0.39, 0.29) is 23.0 Å². The van der Waals surface area contributed by atoms with Gasteiger partial charge in [0.1, 0.15) is 24.1 Å². The quantitative estimate of drug-likeness (QED) is 0.557. The van der Waals surface area contributed by atoms with Crippen molar-refractivity contribution in [2.24, 2.45) is 0 Å². The Hall–Kier alpha value is -2.93. The molecule has 1 aliphatic rings. The second kappa shape index (κ2) is 7.48. The van der Waals surface area contributed by atoms with E-state index in [1.54, 1.807) is 0 Å². The van der Waals surface area contributed by atoms with E-state index in [1.165, 1.54) is 18.0 Å². The number of aliphatic hydroxyl groups is 2. The van der Waals surface area contributed by atoms with Crippen LogP contribution >= 0.6 is 0 Å². The number of rotatable bonds is 5. The highest BCUT2D eigenvalue weighted by Crippen LogP contribution is 2.34. The van der Waals surface area contributed by atoms with Crippen LogP contribution < -0.4 is 10.5 Å². The number of aliphatic hydroxyl groups excluding tert-OH is 2. The minimum Gasteiger partial charge on any atom is -0.421 e. The Morgan fingerprint density at radius 1 is 1.31 bits per heavy atom. The Bertz CT molecular complexity index is 1050. The molecule has 12 heteroatoms. The number of ether oxygens (including phenoxy) is 3. The van der Waals surface area contributed by atoms with Gasteiger partial charge in [-0.1, -0.05) is 0 Å². The largest absolute Gasteiger partial charge is 0.421 e. The summed E-state index contributed by atoms with van der Waals surface area (Å²) in [5, 5.41) is 19.6. The number of imidazole rings is 1. The van der Waals surface area contributed by atoms with Crippen molar-refractivity contribution in [1.29, 1.82) is 0 Å². The first-order valence-electron chi connectivity index (χ1n) is 8.53. The Labute approximate surface area is 162 Å². The summed E-state index contributed by atoms with van der Waals surface area (Å²) in [5.41, 5.74) is 6.26. The predicted molar refractivity (Wildman–Crippen MR) is 94.0 cm³/mol. The maximum Gasteiger partial charge on any atom is 0.326 e. The molecule has 0 radical (unpaired) electrons. The van der Waals surface area contributed by atoms with Crippen LogP contribution in [-0.2, 0) is 9.47 Å². The lowest BCUT2D eigenvalue weighted by Gasteiger charge is -2.20. The number of benzene rings is 1. The molecular weight excluding hydrogens is 392 g/mol. The molecule has 3 heterocycles. The molecule has 154 valence electrons. The lowest BCUT2D eigenvalue weighted by Crippen LogP contribution is -2.34. The monoisotopic (exact) mass is 409 g/mol. The first-order valence-corrected chi connectivity index (χ1v) is 8.53. The molecule has 0 bridgehead atoms. The summed E-state index contributed by atoms with van der Waals surface area (Å²) in [4.78, 5) is 12.2. The molecule has 1 aliphatic heterocycles. The van der Waals surface area contributed by atoms with Gasteiger partial charge in [0.25, 0.3) is 0 Å². The van der Waals surface area contributed by atoms with Crippen molar-refractivity contribution in [3.05, 3.63) is 36.2 Å². The van der Waals surface area contributed by atoms with Crippen molar-refractivity contribution in [2.45, 2.75) is 24.5 Å². The minimum atomic E-state index is -1.09. The molecule has 1 fully saturated rings. The molecule has 4 rings (SSSR count). The highest BCUT2D eigenvalue weighted by molar-refractivity contribution is 5.82. The van der Waals surface area contributed by atoms with E-state index >= 15 is 0 Å². The molecule has 1 saturated heterocycles. The van der Waals surface area contributed by atoms with Gasteiger partial charge in [0.05, 0.1) is 12.9 Å². The van der Waals surface area contributed by atoms with Gasteiger partial charge >= 0.3 is 6.01 Å². The van der Waals surface area contributed by atoms with E-state index in [1.807, 2.05) is 0 Å². The molecule has 0 amide bonds. The second-order valence-corrected chi connectivity index (χ2v) is 6.33. The van der Waals surface area contributed by atoms with Gasteiger partial charge in [0.15, 0.2) is 34.8 Å². The molecule has 4 atom stereocenters. The first-order chi connectivity index (χ1) is 13.9. The molecule has 0 saturated carbocycles. The summed E-state index contributed by atoms with van der Waals surface area (Å²) in [6, 6.07) is 2.36. The topological polar surface area (TPSA) is 138 Å². The number of hydrogen-bond acceptors (Lipinski definition) is 9. The molecule has 0 spiro atoms. The molecule has 2 aromatic heterocycles. The van der Waals surface area contributed by atoms with Crippen molar-refractivity contribution < 1.29 is 33.2 Å². The minimum absolute atomic E-state index is 0.0632. The molecule has 4 N–H and O–H groups in total. The van der Waals surface area contributed by atoms with E-state index in [9.17, 15) is 19.0 Å². The standard InChI is InChI=1S/C17H17F2N5O5/c1-27-13-12(26)10(5-25)28-16(13)24-6-21-11-14(20)22-17(23-15(11)24)29-9-4-7(18)2-3-8(9)19/h2-4,6,10,12-13,16,25-26H,5H2,1H3,(H2,20,22,23)/t10-,12-,13-,16-/m1/s1. The van der Waals surface area contributed by atoms with E-state index in [0.717, 1.165) is 18.2 Å². The van der Waals surface area contributed by atoms with Gasteiger partial charge in [0.2, 0.25) is 0 Å². The highest BCUT2D eigenvalue weighted by Gasteiger charge is 2.45. The third-order valence-electron chi connectivity index (χ3n) is 4.56. The van der Waals surface area contributed by atoms with Gasteiger partial charge in [-0.3, -0.25) is 4.57 Å². The van der Waals surface area contributed by atoms with Crippen molar-refractivity contribution >= 4 is 17.0 Å². The molecule has 0 aliphatic carbocycles. The van der Waals surface area contributed by atoms with Crippen LogP contribution in [0.25, 0.3) is 11.2 Å². The van der Waals surface area contributed by atoms with Gasteiger partial charge in [-0.25, -0.2) is 13.8 Å². The molecule has 1 aromatic carbocycles. The van der Waals surface area contributed by atoms with Crippen LogP contribution in [0.4, 0.5) is 14.6 Å². The average molecular weight is 409 g/mol. The van der Waals surface area contributed by atoms with Crippen LogP contribution in [0.2, 0.25) is 0 Å². The summed E-state index contributed by atoms with van der Waals surface area (Å²) in [6.07, 6.45) is -2.33. The number of hydrogen-bond donors (Lipinski definition) is 3. The number of anilines is 1. The van der Waals surface area contributed by atoms with Crippen LogP contribution in [0.1, 0.15) is 6.23 Å². The number of methoxy groups -OCH3 is 1. The molecule has 3 aromatic rings. The Kier molecular flexibility index (Phi) is 5.00. The fraction of sp³-hybridized carbons (Fsp3) is 0.353. The fourth-order valence-corrected chi connectivity index (χ4v) is 3.15. The number of aromatic nitrogens is 4. The third kappa shape index (κ3) is 3.35. The van der Waals surface area contributed by atoms with Crippen molar-refractivity contribution in [3.8, 4) is 11.8 Å². The third-order valence-corrected chi connectivity index (χ3v) is 4.56. The van der Waals surface area contributed by atoms with Crippen LogP contribution in [0.5, 0.6) is 11.8 Å². The summed E-state index contributed by atoms with van der Waals surface area (Å²) in [5.74, 6) is -1.99. The highest BCUT2D eigenvalue weighted by atomic mass is 19.1. The van der Waals surface area contributed by atoms with Crippen LogP contribution in [0.3, 0.4) is 0 Å². The Balaban J connectivity index is 1.75. The van der Waals surface area contributed by atoms with E-state index in [2.05, 4.69) is 15.0 Å². The van der Waals surface area contributed by atoms with Crippen molar-refractivity contribution in [1.82, 2.24) is 19.5 Å². The van der Waals surface area contributed by atoms with E-state index in [4.69, 9.17) is 19.9 Å². The Morgan fingerprint density at radius 2 is 2.10 bits per heavy atom. The second-order valence-electron chi connectivity index (χ2n) is 6.33. The van der Waals surface area contributed by atoms with E-state index < -0.39 is 48.5 Å². The van der Waals surface area contributed by atoms with Gasteiger partial charge in [-0.05, 0) is 12.1 Å². The lowest BCUT2D eigenvalue weighted by molar-refractivity contribution is -0.0583. The van der Waals surface area contributed by atoms with Crippen molar-refractivity contribution in [3.63, 3.8) is 0 Å². The molecule has 29 heavy (non-hydrogen) atoms. The van der Waals surface area contributed by atoms with Crippen LogP contribution in [0, 0.1) is 11.6 Å². The molecular formula is C17H17F2N5O5. The normalized spacial score (nSPS) is 24.3. The van der Waals surface area contributed by atoms with Gasteiger partial charge in [-0.15, -0.1) is 0 Å². The Morgan fingerprint density at radius 3 is 2.83 bits per heavy atom. The molecule has 10 nitrogen and oxygen atoms in total. The van der Waals surface area contributed by atoms with Crippen LogP contribution in [0.15, 0.2) is 24.5 Å². The number of nitrogens with two attached hydrogens (primary N) is 1. The average Bonchev–Trinajstić information content (AvgIpc) is 3.25. The number of nitrogens with zero attached hydrogens (tertiary/aromatic N) is 4. The van der Waals surface area contributed by atoms with Crippen molar-refractivity contribution in [2.75, 3.05) is 19.5 Å². The molecule has 0 unspecified atom stereocenters. The predicted octanol–water partition coefficient (Wildman–Crippen LogP) is 0.745. The fourth-order valence-electron chi connectivity index (χ4n) is 3.15. The van der Waals surface area contributed by atoms with E-state index in [0.29, 0.717) is 0 Å². The summed E-state index contributed by atoms with van der Waals surface area (Å²) in [7, 11) is 1.38. The number of fused-ring (bicyclic) bond motifs is 1. The zero-order chi connectivity index (χ0) is 20.7. The zero-order valence-corrected chi connectivity index (χ0v) is 15.1. The first kappa shape index (κ1) is 19.4. The van der Waals surface area contributed by atoms with Gasteiger partial charge < -0.3 is 30.2 Å².